The first-order chi connectivity index (χ1) is 11.7. The lowest BCUT2D eigenvalue weighted by Gasteiger charge is -2.21. The molecule has 5 heteroatoms. The molecule has 0 saturated heterocycles. The summed E-state index contributed by atoms with van der Waals surface area (Å²) in [5.41, 5.74) is 2.59. The summed E-state index contributed by atoms with van der Waals surface area (Å²) in [7, 11) is 1.96. The molecule has 2 aromatic carbocycles. The molecular weight excluding hydrogens is 321 g/mol. The van der Waals surface area contributed by atoms with Crippen LogP contribution in [0.5, 0.6) is 5.75 Å². The Morgan fingerprint density at radius 3 is 2.40 bits per heavy atom. The van der Waals surface area contributed by atoms with Crippen molar-refractivity contribution in [3.63, 3.8) is 0 Å². The maximum Gasteiger partial charge on any atom is 0.347 e. The van der Waals surface area contributed by atoms with Crippen molar-refractivity contribution in [2.75, 3.05) is 0 Å². The number of hydrogen-bond donors (Lipinski definition) is 1. The first-order valence-corrected chi connectivity index (χ1v) is 7.98. The third-order valence-corrected chi connectivity index (χ3v) is 4.48. The molecule has 0 aliphatic heterocycles. The van der Waals surface area contributed by atoms with E-state index in [1.54, 1.807) is 18.2 Å². The number of nitrogens with zero attached hydrogens (tertiary/aromatic N) is 1. The van der Waals surface area contributed by atoms with E-state index >= 15 is 0 Å². The highest BCUT2D eigenvalue weighted by molar-refractivity contribution is 5.98. The Bertz CT molecular complexity index is 955. The van der Waals surface area contributed by atoms with Crippen molar-refractivity contribution < 1.29 is 19.0 Å². The number of fused-ring (bicyclic) bond motifs is 1. The van der Waals surface area contributed by atoms with E-state index in [4.69, 9.17) is 4.74 Å². The Kier molecular flexibility index (Phi) is 4.03. The van der Waals surface area contributed by atoms with Gasteiger partial charge in [-0.25, -0.2) is 9.18 Å². The zero-order chi connectivity index (χ0) is 18.4. The molecule has 1 N–H and O–H groups in total. The second kappa shape index (κ2) is 5.92. The third-order valence-electron chi connectivity index (χ3n) is 4.48. The lowest BCUT2D eigenvalue weighted by Crippen LogP contribution is -2.37. The van der Waals surface area contributed by atoms with Crippen molar-refractivity contribution in [3.05, 3.63) is 54.0 Å². The number of aryl methyl sites for hydroxylation is 1. The van der Waals surface area contributed by atoms with Gasteiger partial charge in [-0.2, -0.15) is 0 Å². The van der Waals surface area contributed by atoms with Crippen LogP contribution in [-0.4, -0.2) is 21.2 Å². The Morgan fingerprint density at radius 1 is 1.16 bits per heavy atom. The van der Waals surface area contributed by atoms with Gasteiger partial charge in [0, 0.05) is 29.2 Å². The van der Waals surface area contributed by atoms with Crippen LogP contribution in [0.25, 0.3) is 22.0 Å². The number of rotatable bonds is 4. The summed E-state index contributed by atoms with van der Waals surface area (Å²) < 4.78 is 21.0. The smallest absolute Gasteiger partial charge is 0.347 e. The third kappa shape index (κ3) is 2.97. The number of hydrogen-bond acceptors (Lipinski definition) is 2. The fraction of sp³-hybridized carbons (Fsp3) is 0.250. The molecule has 0 unspecified atom stereocenters. The number of benzene rings is 2. The van der Waals surface area contributed by atoms with Crippen LogP contribution in [-0.2, 0) is 11.8 Å². The fourth-order valence-corrected chi connectivity index (χ4v) is 2.93. The molecule has 0 atom stereocenters. The maximum atomic E-state index is 13.3. The van der Waals surface area contributed by atoms with Gasteiger partial charge < -0.3 is 14.4 Å². The molecule has 0 saturated carbocycles. The number of carboxylic acid groups (broad SMARTS) is 1. The van der Waals surface area contributed by atoms with E-state index in [1.165, 1.54) is 26.0 Å². The lowest BCUT2D eigenvalue weighted by atomic mass is 10.0. The number of carboxylic acids is 1. The second-order valence-corrected chi connectivity index (χ2v) is 6.62. The predicted octanol–water partition coefficient (Wildman–Crippen LogP) is 4.53. The van der Waals surface area contributed by atoms with Gasteiger partial charge in [0.1, 0.15) is 11.6 Å². The Balaban J connectivity index is 2.17. The van der Waals surface area contributed by atoms with Crippen molar-refractivity contribution in [1.82, 2.24) is 4.57 Å². The van der Waals surface area contributed by atoms with Crippen LogP contribution in [0.1, 0.15) is 19.5 Å². The molecule has 3 rings (SSSR count). The number of aromatic nitrogens is 1. The molecule has 0 fully saturated rings. The van der Waals surface area contributed by atoms with Crippen LogP contribution >= 0.6 is 0 Å². The molecule has 1 heterocycles. The highest BCUT2D eigenvalue weighted by atomic mass is 19.1. The van der Waals surface area contributed by atoms with Gasteiger partial charge in [0.2, 0.25) is 0 Å². The monoisotopic (exact) mass is 341 g/mol. The quantitative estimate of drug-likeness (QED) is 0.758. The van der Waals surface area contributed by atoms with Gasteiger partial charge in [0.25, 0.3) is 0 Å². The first-order valence-electron chi connectivity index (χ1n) is 7.98. The van der Waals surface area contributed by atoms with Gasteiger partial charge in [-0.1, -0.05) is 12.1 Å². The van der Waals surface area contributed by atoms with E-state index in [-0.39, 0.29) is 5.82 Å². The normalized spacial score (nSPS) is 11.7. The van der Waals surface area contributed by atoms with Crippen molar-refractivity contribution in [2.24, 2.45) is 7.05 Å². The molecule has 4 nitrogen and oxygen atoms in total. The first kappa shape index (κ1) is 17.0. The summed E-state index contributed by atoms with van der Waals surface area (Å²) in [6.07, 6.45) is 0. The summed E-state index contributed by atoms with van der Waals surface area (Å²) in [6.45, 7) is 5.02. The molecule has 3 aromatic rings. The van der Waals surface area contributed by atoms with E-state index in [0.29, 0.717) is 5.75 Å². The van der Waals surface area contributed by atoms with Crippen LogP contribution in [0.15, 0.2) is 42.5 Å². The van der Waals surface area contributed by atoms with Crippen LogP contribution < -0.4 is 4.74 Å². The number of halogens is 1. The molecule has 0 spiro atoms. The molecule has 0 radical (unpaired) electrons. The highest BCUT2D eigenvalue weighted by Crippen LogP contribution is 2.36. The predicted molar refractivity (Wildman–Crippen MR) is 95.4 cm³/mol. The van der Waals surface area contributed by atoms with Gasteiger partial charge in [-0.3, -0.25) is 0 Å². The van der Waals surface area contributed by atoms with E-state index < -0.39 is 11.6 Å². The summed E-state index contributed by atoms with van der Waals surface area (Å²) in [5.74, 6) is -0.835. The van der Waals surface area contributed by atoms with Crippen molar-refractivity contribution in [3.8, 4) is 16.9 Å². The van der Waals surface area contributed by atoms with Crippen molar-refractivity contribution >= 4 is 16.9 Å². The SMILES string of the molecule is Cc1c(-c2ccc(F)cc2)c2cc(OC(C)(C)C(=O)O)ccc2n1C. The van der Waals surface area contributed by atoms with Crippen LogP contribution in [0, 0.1) is 12.7 Å². The van der Waals surface area contributed by atoms with Crippen molar-refractivity contribution in [1.29, 1.82) is 0 Å². The minimum Gasteiger partial charge on any atom is -0.478 e. The maximum absolute atomic E-state index is 13.3. The largest absolute Gasteiger partial charge is 0.478 e. The minimum absolute atomic E-state index is 0.283. The second-order valence-electron chi connectivity index (χ2n) is 6.62. The minimum atomic E-state index is -1.33. The molecule has 0 aliphatic rings. The van der Waals surface area contributed by atoms with Gasteiger partial charge in [0.05, 0.1) is 0 Å². The summed E-state index contributed by atoms with van der Waals surface area (Å²) in [6, 6.07) is 11.9. The van der Waals surface area contributed by atoms with Gasteiger partial charge in [-0.15, -0.1) is 0 Å². The zero-order valence-corrected chi connectivity index (χ0v) is 14.6. The van der Waals surface area contributed by atoms with Gasteiger partial charge in [-0.05, 0) is 56.7 Å². The van der Waals surface area contributed by atoms with E-state index in [9.17, 15) is 14.3 Å². The van der Waals surface area contributed by atoms with Crippen LogP contribution in [0.3, 0.4) is 0 Å². The molecule has 130 valence electrons. The Labute approximate surface area is 145 Å². The molecule has 1 aromatic heterocycles. The van der Waals surface area contributed by atoms with Crippen LogP contribution in [0.4, 0.5) is 4.39 Å². The van der Waals surface area contributed by atoms with E-state index in [2.05, 4.69) is 4.57 Å². The molecular formula is C20H20FNO3. The van der Waals surface area contributed by atoms with E-state index in [0.717, 1.165) is 27.7 Å². The molecule has 25 heavy (non-hydrogen) atoms. The summed E-state index contributed by atoms with van der Waals surface area (Å²) >= 11 is 0. The number of ether oxygens (including phenoxy) is 1. The average molecular weight is 341 g/mol. The van der Waals surface area contributed by atoms with E-state index in [1.807, 2.05) is 26.1 Å². The van der Waals surface area contributed by atoms with Gasteiger partial charge >= 0.3 is 5.97 Å². The fourth-order valence-electron chi connectivity index (χ4n) is 2.93. The number of aliphatic carboxylic acids is 1. The lowest BCUT2D eigenvalue weighted by molar-refractivity contribution is -0.152. The molecule has 0 aliphatic carbocycles. The summed E-state index contributed by atoms with van der Waals surface area (Å²) in [4.78, 5) is 11.3. The van der Waals surface area contributed by atoms with Crippen molar-refractivity contribution in [2.45, 2.75) is 26.4 Å². The Morgan fingerprint density at radius 2 is 1.80 bits per heavy atom. The molecule has 0 amide bonds. The Hall–Kier alpha value is -2.82. The molecule has 0 bridgehead atoms. The average Bonchev–Trinajstić information content (AvgIpc) is 2.79. The zero-order valence-electron chi connectivity index (χ0n) is 14.6. The standard InChI is InChI=1S/C20H20FNO3/c1-12-18(13-5-7-14(21)8-6-13)16-11-15(9-10-17(16)22(12)4)25-20(2,3)19(23)24/h5-11H,1-4H3,(H,23,24). The summed E-state index contributed by atoms with van der Waals surface area (Å²) in [5, 5.41) is 10.2. The number of carbonyl (C=O) groups is 1. The highest BCUT2D eigenvalue weighted by Gasteiger charge is 2.29. The van der Waals surface area contributed by atoms with Crippen LogP contribution in [0.2, 0.25) is 0 Å². The van der Waals surface area contributed by atoms with Gasteiger partial charge in [0.15, 0.2) is 5.60 Å². The topological polar surface area (TPSA) is 51.5 Å².